The molecule has 1 amide bonds. The third-order valence-corrected chi connectivity index (χ3v) is 2.91. The van der Waals surface area contributed by atoms with Crippen LogP contribution in [-0.2, 0) is 14.3 Å². The molecule has 0 aliphatic heterocycles. The number of halogens is 1. The van der Waals surface area contributed by atoms with E-state index in [1.807, 2.05) is 0 Å². The van der Waals surface area contributed by atoms with Crippen LogP contribution in [0.4, 0.5) is 10.1 Å². The Morgan fingerprint density at radius 2 is 1.94 bits per heavy atom. The van der Waals surface area contributed by atoms with Gasteiger partial charge in [-0.1, -0.05) is 6.42 Å². The van der Waals surface area contributed by atoms with Gasteiger partial charge in [0.2, 0.25) is 0 Å². The fourth-order valence-corrected chi connectivity index (χ4v) is 1.63. The number of anilines is 1. The topological polar surface area (TPSA) is 55.4 Å². The van der Waals surface area contributed by atoms with Gasteiger partial charge in [0.05, 0.1) is 5.92 Å². The average molecular weight is 251 g/mol. The molecule has 0 atom stereocenters. The first-order valence-electron chi connectivity index (χ1n) is 5.87. The van der Waals surface area contributed by atoms with Crippen LogP contribution in [0.15, 0.2) is 24.3 Å². The zero-order valence-corrected chi connectivity index (χ0v) is 9.82. The van der Waals surface area contributed by atoms with Crippen LogP contribution in [0, 0.1) is 11.7 Å². The van der Waals surface area contributed by atoms with Crippen molar-refractivity contribution in [3.8, 4) is 0 Å². The van der Waals surface area contributed by atoms with E-state index in [1.54, 1.807) is 0 Å². The maximum absolute atomic E-state index is 12.6. The minimum Gasteiger partial charge on any atom is -0.455 e. The molecule has 1 aromatic rings. The van der Waals surface area contributed by atoms with Crippen molar-refractivity contribution in [3.63, 3.8) is 0 Å². The summed E-state index contributed by atoms with van der Waals surface area (Å²) in [5.41, 5.74) is 0.473. The Kier molecular flexibility index (Phi) is 3.92. The molecule has 0 spiro atoms. The van der Waals surface area contributed by atoms with Crippen LogP contribution in [0.2, 0.25) is 0 Å². The van der Waals surface area contributed by atoms with E-state index in [0.29, 0.717) is 5.69 Å². The van der Waals surface area contributed by atoms with Gasteiger partial charge in [-0.15, -0.1) is 0 Å². The predicted molar refractivity (Wildman–Crippen MR) is 63.3 cm³/mol. The summed E-state index contributed by atoms with van der Waals surface area (Å²) in [4.78, 5) is 22.8. The number of esters is 1. The van der Waals surface area contributed by atoms with E-state index < -0.39 is 5.91 Å². The summed E-state index contributed by atoms with van der Waals surface area (Å²) in [5, 5.41) is 2.52. The number of rotatable bonds is 4. The van der Waals surface area contributed by atoms with E-state index in [9.17, 15) is 14.0 Å². The largest absolute Gasteiger partial charge is 0.455 e. The van der Waals surface area contributed by atoms with Gasteiger partial charge in [0, 0.05) is 5.69 Å². The van der Waals surface area contributed by atoms with Gasteiger partial charge in [0.25, 0.3) is 5.91 Å². The molecule has 0 unspecified atom stereocenters. The first-order chi connectivity index (χ1) is 8.65. The highest BCUT2D eigenvalue weighted by atomic mass is 19.1. The Balaban J connectivity index is 1.74. The standard InChI is InChI=1S/C13H14FNO3/c14-10-4-6-11(7-5-10)15-12(16)8-18-13(17)9-2-1-3-9/h4-7,9H,1-3,8H2,(H,15,16). The highest BCUT2D eigenvalue weighted by Crippen LogP contribution is 2.27. The number of carbonyl (C=O) groups is 2. The average Bonchev–Trinajstić information content (AvgIpc) is 2.27. The summed E-state index contributed by atoms with van der Waals surface area (Å²) in [6, 6.07) is 5.38. The lowest BCUT2D eigenvalue weighted by Gasteiger charge is -2.22. The zero-order chi connectivity index (χ0) is 13.0. The van der Waals surface area contributed by atoms with E-state index in [4.69, 9.17) is 4.74 Å². The van der Waals surface area contributed by atoms with Crippen LogP contribution in [0.1, 0.15) is 19.3 Å². The van der Waals surface area contributed by atoms with Gasteiger partial charge in [0.15, 0.2) is 6.61 Å². The first-order valence-corrected chi connectivity index (χ1v) is 5.87. The second-order valence-electron chi connectivity index (χ2n) is 4.29. The van der Waals surface area contributed by atoms with Gasteiger partial charge in [-0.05, 0) is 37.1 Å². The van der Waals surface area contributed by atoms with Gasteiger partial charge in [-0.25, -0.2) is 4.39 Å². The van der Waals surface area contributed by atoms with Crippen molar-refractivity contribution in [3.05, 3.63) is 30.1 Å². The second kappa shape index (κ2) is 5.62. The molecular formula is C13H14FNO3. The first kappa shape index (κ1) is 12.5. The molecule has 1 aliphatic rings. The third kappa shape index (κ3) is 3.29. The lowest BCUT2D eigenvalue weighted by atomic mass is 9.86. The molecule has 1 saturated carbocycles. The normalized spacial score (nSPS) is 14.7. The Morgan fingerprint density at radius 3 is 2.50 bits per heavy atom. The quantitative estimate of drug-likeness (QED) is 0.834. The number of benzene rings is 1. The minimum atomic E-state index is -0.422. The molecule has 18 heavy (non-hydrogen) atoms. The highest BCUT2D eigenvalue weighted by molar-refractivity contribution is 5.92. The number of amides is 1. The molecule has 2 rings (SSSR count). The molecule has 4 nitrogen and oxygen atoms in total. The highest BCUT2D eigenvalue weighted by Gasteiger charge is 2.26. The maximum Gasteiger partial charge on any atom is 0.309 e. The lowest BCUT2D eigenvalue weighted by Crippen LogP contribution is -2.28. The fraction of sp³-hybridized carbons (Fsp3) is 0.385. The number of hydrogen-bond acceptors (Lipinski definition) is 3. The Labute approximate surface area is 104 Å². The van der Waals surface area contributed by atoms with Crippen LogP contribution in [0.3, 0.4) is 0 Å². The Hall–Kier alpha value is -1.91. The molecule has 1 aromatic carbocycles. The number of nitrogens with one attached hydrogen (secondary N) is 1. The predicted octanol–water partition coefficient (Wildman–Crippen LogP) is 2.11. The molecule has 0 radical (unpaired) electrons. The van der Waals surface area contributed by atoms with E-state index >= 15 is 0 Å². The van der Waals surface area contributed by atoms with Crippen molar-refractivity contribution < 1.29 is 18.7 Å². The number of ether oxygens (including phenoxy) is 1. The molecule has 1 aliphatic carbocycles. The van der Waals surface area contributed by atoms with Gasteiger partial charge in [-0.2, -0.15) is 0 Å². The molecule has 0 heterocycles. The Morgan fingerprint density at radius 1 is 1.28 bits per heavy atom. The van der Waals surface area contributed by atoms with Gasteiger partial charge in [0.1, 0.15) is 5.82 Å². The van der Waals surface area contributed by atoms with Crippen LogP contribution in [0.25, 0.3) is 0 Å². The lowest BCUT2D eigenvalue weighted by molar-refractivity contribution is -0.154. The molecule has 0 saturated heterocycles. The van der Waals surface area contributed by atoms with Gasteiger partial charge in [-0.3, -0.25) is 9.59 Å². The van der Waals surface area contributed by atoms with Crippen molar-refractivity contribution in [2.45, 2.75) is 19.3 Å². The van der Waals surface area contributed by atoms with E-state index in [-0.39, 0.29) is 24.3 Å². The number of carbonyl (C=O) groups excluding carboxylic acids is 2. The molecule has 1 N–H and O–H groups in total. The van der Waals surface area contributed by atoms with E-state index in [2.05, 4.69) is 5.32 Å². The minimum absolute atomic E-state index is 0.0383. The summed E-state index contributed by atoms with van der Waals surface area (Å²) >= 11 is 0. The zero-order valence-electron chi connectivity index (χ0n) is 9.82. The van der Waals surface area contributed by atoms with Crippen LogP contribution in [-0.4, -0.2) is 18.5 Å². The second-order valence-corrected chi connectivity index (χ2v) is 4.29. The summed E-state index contributed by atoms with van der Waals surface area (Å²) in [6.07, 6.45) is 2.73. The SMILES string of the molecule is O=C(COC(=O)C1CCC1)Nc1ccc(F)cc1. The smallest absolute Gasteiger partial charge is 0.309 e. The van der Waals surface area contributed by atoms with E-state index in [1.165, 1.54) is 24.3 Å². The van der Waals surface area contributed by atoms with Crippen LogP contribution < -0.4 is 5.32 Å². The molecule has 96 valence electrons. The van der Waals surface area contributed by atoms with Gasteiger partial charge < -0.3 is 10.1 Å². The van der Waals surface area contributed by atoms with Crippen LogP contribution >= 0.6 is 0 Å². The van der Waals surface area contributed by atoms with Crippen molar-refractivity contribution >= 4 is 17.6 Å². The number of hydrogen-bond donors (Lipinski definition) is 1. The van der Waals surface area contributed by atoms with Crippen molar-refractivity contribution in [2.24, 2.45) is 5.92 Å². The molecule has 0 aromatic heterocycles. The molecule has 1 fully saturated rings. The maximum atomic E-state index is 12.6. The van der Waals surface area contributed by atoms with Gasteiger partial charge >= 0.3 is 5.97 Å². The molecule has 5 heteroatoms. The molecular weight excluding hydrogens is 237 g/mol. The molecule has 0 bridgehead atoms. The van der Waals surface area contributed by atoms with E-state index in [0.717, 1.165) is 19.3 Å². The monoisotopic (exact) mass is 251 g/mol. The van der Waals surface area contributed by atoms with Crippen molar-refractivity contribution in [2.75, 3.05) is 11.9 Å². The Bertz CT molecular complexity index is 440. The van der Waals surface area contributed by atoms with Crippen molar-refractivity contribution in [1.29, 1.82) is 0 Å². The third-order valence-electron chi connectivity index (χ3n) is 2.91. The van der Waals surface area contributed by atoms with Crippen LogP contribution in [0.5, 0.6) is 0 Å². The summed E-state index contributed by atoms with van der Waals surface area (Å²) in [7, 11) is 0. The fourth-order valence-electron chi connectivity index (χ4n) is 1.63. The summed E-state index contributed by atoms with van der Waals surface area (Å²) in [6.45, 7) is -0.299. The summed E-state index contributed by atoms with van der Waals surface area (Å²) in [5.74, 6) is -1.14. The summed E-state index contributed by atoms with van der Waals surface area (Å²) < 4.78 is 17.5. The van der Waals surface area contributed by atoms with Crippen molar-refractivity contribution in [1.82, 2.24) is 0 Å².